The van der Waals surface area contributed by atoms with Gasteiger partial charge in [-0.15, -0.1) is 0 Å². The van der Waals surface area contributed by atoms with E-state index in [1.807, 2.05) is 60.7 Å². The monoisotopic (exact) mass is 362 g/mol. The fourth-order valence-electron chi connectivity index (χ4n) is 3.59. The lowest BCUT2D eigenvalue weighted by Gasteiger charge is -2.22. The molecule has 27 heavy (non-hydrogen) atoms. The van der Waals surface area contributed by atoms with Crippen molar-refractivity contribution >= 4 is 23.1 Å². The van der Waals surface area contributed by atoms with E-state index in [9.17, 15) is 9.59 Å². The molecule has 0 saturated carbocycles. The van der Waals surface area contributed by atoms with Gasteiger partial charge in [-0.2, -0.15) is 0 Å². The predicted molar refractivity (Wildman–Crippen MR) is 99.4 cm³/mol. The van der Waals surface area contributed by atoms with Gasteiger partial charge in [-0.1, -0.05) is 60.7 Å². The van der Waals surface area contributed by atoms with Crippen LogP contribution >= 0.6 is 0 Å². The highest BCUT2D eigenvalue weighted by Gasteiger charge is 2.53. The summed E-state index contributed by atoms with van der Waals surface area (Å²) >= 11 is 0. The van der Waals surface area contributed by atoms with Gasteiger partial charge in [0.25, 0.3) is 0 Å². The van der Waals surface area contributed by atoms with Crippen LogP contribution in [0.15, 0.2) is 71.8 Å². The second-order valence-corrected chi connectivity index (χ2v) is 6.27. The third-order valence-corrected chi connectivity index (χ3v) is 4.80. The Kier molecular flexibility index (Phi) is 4.38. The molecule has 2 unspecified atom stereocenters. The van der Waals surface area contributed by atoms with Gasteiger partial charge in [0, 0.05) is 11.1 Å². The van der Waals surface area contributed by atoms with Crippen molar-refractivity contribution in [2.24, 2.45) is 0 Å². The maximum Gasteiger partial charge on any atom is 0.339 e. The number of carbonyl (C=O) groups is 2. The third-order valence-electron chi connectivity index (χ3n) is 4.80. The van der Waals surface area contributed by atoms with Crippen LogP contribution in [-0.2, 0) is 23.8 Å². The smallest absolute Gasteiger partial charge is 0.339 e. The zero-order valence-corrected chi connectivity index (χ0v) is 15.0. The molecular formula is C22H18O5. The van der Waals surface area contributed by atoms with Crippen molar-refractivity contribution in [3.8, 4) is 0 Å². The van der Waals surface area contributed by atoms with Crippen LogP contribution in [0.4, 0.5) is 0 Å². The van der Waals surface area contributed by atoms with Crippen molar-refractivity contribution in [1.82, 2.24) is 0 Å². The molecule has 5 nitrogen and oxygen atoms in total. The molecule has 1 heterocycles. The number of hydrogen-bond donors (Lipinski definition) is 0. The minimum Gasteiger partial charge on any atom is -0.465 e. The highest BCUT2D eigenvalue weighted by molar-refractivity contribution is 6.19. The van der Waals surface area contributed by atoms with E-state index in [4.69, 9.17) is 14.2 Å². The third kappa shape index (κ3) is 2.86. The zero-order valence-electron chi connectivity index (χ0n) is 15.0. The van der Waals surface area contributed by atoms with Gasteiger partial charge in [-0.05, 0) is 11.1 Å². The molecule has 1 aliphatic heterocycles. The number of ether oxygens (including phenoxy) is 3. The summed E-state index contributed by atoms with van der Waals surface area (Å²) in [5.41, 5.74) is 3.36. The molecule has 1 saturated heterocycles. The topological polar surface area (TPSA) is 65.1 Å². The summed E-state index contributed by atoms with van der Waals surface area (Å²) < 4.78 is 16.0. The normalized spacial score (nSPS) is 20.8. The summed E-state index contributed by atoms with van der Waals surface area (Å²) in [7, 11) is 2.60. The van der Waals surface area contributed by atoms with E-state index < -0.39 is 11.9 Å². The molecule has 2 aromatic carbocycles. The van der Waals surface area contributed by atoms with Gasteiger partial charge in [-0.3, -0.25) is 0 Å². The number of epoxide rings is 1. The number of rotatable bonds is 4. The van der Waals surface area contributed by atoms with Crippen LogP contribution in [0.1, 0.15) is 11.1 Å². The maximum atomic E-state index is 12.7. The van der Waals surface area contributed by atoms with Crippen molar-refractivity contribution in [2.75, 3.05) is 14.2 Å². The minimum atomic E-state index is -0.586. The average molecular weight is 362 g/mol. The molecule has 1 aliphatic carbocycles. The molecule has 0 bridgehead atoms. The molecular weight excluding hydrogens is 344 g/mol. The Morgan fingerprint density at radius 1 is 0.704 bits per heavy atom. The molecule has 1 fully saturated rings. The Morgan fingerprint density at radius 2 is 1.07 bits per heavy atom. The van der Waals surface area contributed by atoms with E-state index in [1.165, 1.54) is 14.2 Å². The first-order valence-corrected chi connectivity index (χ1v) is 8.59. The second-order valence-electron chi connectivity index (χ2n) is 6.27. The van der Waals surface area contributed by atoms with Crippen molar-refractivity contribution in [2.45, 2.75) is 12.2 Å². The Hall–Kier alpha value is -3.18. The number of benzene rings is 2. The van der Waals surface area contributed by atoms with Gasteiger partial charge in [-0.25, -0.2) is 9.59 Å². The van der Waals surface area contributed by atoms with Crippen LogP contribution in [0.25, 0.3) is 11.1 Å². The van der Waals surface area contributed by atoms with Crippen molar-refractivity contribution < 1.29 is 23.8 Å². The molecule has 0 amide bonds. The standard InChI is InChI=1S/C22H18O5/c1-25-21(23)17-15(13-9-5-3-6-10-13)19-20(27-19)16(18(17)22(24)26-2)14-11-7-4-8-12-14/h3-12,19-20H,1-2H3. The summed E-state index contributed by atoms with van der Waals surface area (Å²) in [4.78, 5) is 25.5. The summed E-state index contributed by atoms with van der Waals surface area (Å²) in [6.07, 6.45) is -0.602. The first-order chi connectivity index (χ1) is 13.2. The summed E-state index contributed by atoms with van der Waals surface area (Å²) in [5.74, 6) is -1.17. The summed E-state index contributed by atoms with van der Waals surface area (Å²) in [6.45, 7) is 0. The number of esters is 2. The van der Waals surface area contributed by atoms with Crippen molar-refractivity contribution in [3.05, 3.63) is 82.9 Å². The van der Waals surface area contributed by atoms with E-state index in [0.717, 1.165) is 11.1 Å². The fraction of sp³-hybridized carbons (Fsp3) is 0.182. The van der Waals surface area contributed by atoms with Crippen molar-refractivity contribution in [3.63, 3.8) is 0 Å². The molecule has 0 aromatic heterocycles. The Morgan fingerprint density at radius 3 is 1.41 bits per heavy atom. The zero-order chi connectivity index (χ0) is 19.0. The summed E-state index contributed by atoms with van der Waals surface area (Å²) in [5, 5.41) is 0. The summed E-state index contributed by atoms with van der Waals surface area (Å²) in [6, 6.07) is 18.8. The van der Waals surface area contributed by atoms with Gasteiger partial charge < -0.3 is 14.2 Å². The van der Waals surface area contributed by atoms with Crippen LogP contribution in [0.2, 0.25) is 0 Å². The van der Waals surface area contributed by atoms with E-state index in [1.54, 1.807) is 0 Å². The Bertz CT molecular complexity index is 877. The molecule has 136 valence electrons. The number of fused-ring (bicyclic) bond motifs is 1. The SMILES string of the molecule is COC(=O)C1=C(c2ccccc2)C2OC2C(c2ccccc2)=C1C(=O)OC. The number of hydrogen-bond acceptors (Lipinski definition) is 5. The van der Waals surface area contributed by atoms with Crippen LogP contribution in [0, 0.1) is 0 Å². The Balaban J connectivity index is 2.03. The van der Waals surface area contributed by atoms with Gasteiger partial charge in [0.1, 0.15) is 12.2 Å². The molecule has 0 radical (unpaired) electrons. The molecule has 0 spiro atoms. The Labute approximate surface area is 156 Å². The molecule has 4 rings (SSSR count). The van der Waals surface area contributed by atoms with Crippen LogP contribution in [0.5, 0.6) is 0 Å². The molecule has 2 aromatic rings. The minimum absolute atomic E-state index is 0.202. The molecule has 2 aliphatic rings. The molecule has 5 heteroatoms. The second kappa shape index (κ2) is 6.85. The van der Waals surface area contributed by atoms with Gasteiger partial charge in [0.15, 0.2) is 0 Å². The van der Waals surface area contributed by atoms with Gasteiger partial charge >= 0.3 is 11.9 Å². The number of methoxy groups -OCH3 is 2. The lowest BCUT2D eigenvalue weighted by Crippen LogP contribution is -2.24. The first-order valence-electron chi connectivity index (χ1n) is 8.59. The largest absolute Gasteiger partial charge is 0.465 e. The van der Waals surface area contributed by atoms with Crippen molar-refractivity contribution in [1.29, 1.82) is 0 Å². The fourth-order valence-corrected chi connectivity index (χ4v) is 3.59. The van der Waals surface area contributed by atoms with Crippen LogP contribution in [0.3, 0.4) is 0 Å². The predicted octanol–water partition coefficient (Wildman–Crippen LogP) is 3.02. The number of carbonyl (C=O) groups excluding carboxylic acids is 2. The maximum absolute atomic E-state index is 12.7. The van der Waals surface area contributed by atoms with Crippen LogP contribution in [-0.4, -0.2) is 38.4 Å². The van der Waals surface area contributed by atoms with Gasteiger partial charge in [0.2, 0.25) is 0 Å². The molecule has 2 atom stereocenters. The molecule has 0 N–H and O–H groups in total. The van der Waals surface area contributed by atoms with E-state index in [0.29, 0.717) is 11.1 Å². The van der Waals surface area contributed by atoms with E-state index >= 15 is 0 Å². The average Bonchev–Trinajstić information content (AvgIpc) is 3.52. The van der Waals surface area contributed by atoms with Crippen LogP contribution < -0.4 is 0 Å². The lowest BCUT2D eigenvalue weighted by molar-refractivity contribution is -0.139. The highest BCUT2D eigenvalue weighted by atomic mass is 16.6. The quantitative estimate of drug-likeness (QED) is 0.618. The lowest BCUT2D eigenvalue weighted by atomic mass is 9.80. The highest BCUT2D eigenvalue weighted by Crippen LogP contribution is 2.51. The van der Waals surface area contributed by atoms with E-state index in [-0.39, 0.29) is 23.4 Å². The first kappa shape index (κ1) is 17.2. The van der Waals surface area contributed by atoms with E-state index in [2.05, 4.69) is 0 Å². The van der Waals surface area contributed by atoms with Gasteiger partial charge in [0.05, 0.1) is 25.4 Å².